The van der Waals surface area contributed by atoms with Crippen LogP contribution in [0.5, 0.6) is 0 Å². The summed E-state index contributed by atoms with van der Waals surface area (Å²) in [5.41, 5.74) is 5.55. The molecule has 3 heterocycles. The van der Waals surface area contributed by atoms with E-state index in [1.54, 1.807) is 0 Å². The van der Waals surface area contributed by atoms with Crippen molar-refractivity contribution in [2.75, 3.05) is 13.6 Å². The Morgan fingerprint density at radius 2 is 1.81 bits per heavy atom. The third kappa shape index (κ3) is 4.06. The van der Waals surface area contributed by atoms with Crippen LogP contribution in [0.4, 0.5) is 0 Å². The highest BCUT2D eigenvalue weighted by Crippen LogP contribution is 2.22. The second-order valence-electron chi connectivity index (χ2n) is 7.02. The van der Waals surface area contributed by atoms with E-state index in [9.17, 15) is 0 Å². The Morgan fingerprint density at radius 1 is 0.963 bits per heavy atom. The number of fused-ring (bicyclic) bond motifs is 1. The van der Waals surface area contributed by atoms with Crippen LogP contribution in [0.15, 0.2) is 61.3 Å². The van der Waals surface area contributed by atoms with Crippen LogP contribution < -0.4 is 0 Å². The Balaban J connectivity index is 1.39. The van der Waals surface area contributed by atoms with Crippen LogP contribution in [0, 0.1) is 0 Å². The van der Waals surface area contributed by atoms with E-state index < -0.39 is 0 Å². The van der Waals surface area contributed by atoms with Crippen LogP contribution in [0.1, 0.15) is 17.5 Å². The summed E-state index contributed by atoms with van der Waals surface area (Å²) in [7, 11) is 4.10. The Morgan fingerprint density at radius 3 is 2.59 bits per heavy atom. The van der Waals surface area contributed by atoms with Gasteiger partial charge in [0.1, 0.15) is 0 Å². The molecule has 6 heteroatoms. The molecule has 0 aliphatic heterocycles. The fraction of sp³-hybridized carbons (Fsp3) is 0.286. The third-order valence-corrected chi connectivity index (χ3v) is 4.71. The number of nitrogens with zero attached hydrogens (tertiary/aromatic N) is 6. The van der Waals surface area contributed by atoms with Gasteiger partial charge < -0.3 is 4.90 Å². The van der Waals surface area contributed by atoms with Crippen molar-refractivity contribution in [2.24, 2.45) is 7.05 Å². The molecule has 0 spiro atoms. The number of benzene rings is 1. The molecule has 27 heavy (non-hydrogen) atoms. The van der Waals surface area contributed by atoms with Crippen molar-refractivity contribution in [1.82, 2.24) is 29.3 Å². The van der Waals surface area contributed by atoms with Crippen molar-refractivity contribution in [2.45, 2.75) is 19.4 Å². The summed E-state index contributed by atoms with van der Waals surface area (Å²) in [5.74, 6) is 0. The predicted molar refractivity (Wildman–Crippen MR) is 106 cm³/mol. The summed E-state index contributed by atoms with van der Waals surface area (Å²) in [6.07, 6.45) is 12.1. The number of aryl methyl sites for hydroxylation is 2. The minimum Gasteiger partial charge on any atom is -0.302 e. The Hall–Kier alpha value is -2.99. The second-order valence-corrected chi connectivity index (χ2v) is 7.02. The first-order valence-corrected chi connectivity index (χ1v) is 9.23. The molecule has 4 rings (SSSR count). The van der Waals surface area contributed by atoms with Gasteiger partial charge in [0.2, 0.25) is 0 Å². The van der Waals surface area contributed by atoms with Gasteiger partial charge >= 0.3 is 0 Å². The highest BCUT2D eigenvalue weighted by molar-refractivity contribution is 5.76. The molecule has 0 atom stereocenters. The largest absolute Gasteiger partial charge is 0.302 e. The van der Waals surface area contributed by atoms with Gasteiger partial charge in [0.25, 0.3) is 0 Å². The number of hydrogen-bond donors (Lipinski definition) is 0. The van der Waals surface area contributed by atoms with Crippen molar-refractivity contribution in [1.29, 1.82) is 0 Å². The van der Waals surface area contributed by atoms with Crippen LogP contribution in [-0.4, -0.2) is 42.9 Å². The van der Waals surface area contributed by atoms with E-state index in [0.717, 1.165) is 48.3 Å². The molecule has 0 aliphatic rings. The smallest absolute Gasteiger partial charge is 0.162 e. The fourth-order valence-electron chi connectivity index (χ4n) is 3.36. The maximum absolute atomic E-state index is 4.66. The highest BCUT2D eigenvalue weighted by Gasteiger charge is 2.09. The van der Waals surface area contributed by atoms with Gasteiger partial charge in [-0.15, -0.1) is 0 Å². The Bertz CT molecular complexity index is 1020. The molecular weight excluding hydrogens is 336 g/mol. The standard InChI is InChI=1S/C21H24N6/c1-25(10-6-7-17-12-23-26(2)15-17)14-18-11-22-21-20(13-24-27(21)16-18)19-8-4-3-5-9-19/h3-5,8-9,11-13,15-16H,6-7,10,14H2,1-2H3. The maximum Gasteiger partial charge on any atom is 0.162 e. The van der Waals surface area contributed by atoms with E-state index in [-0.39, 0.29) is 0 Å². The fourth-order valence-corrected chi connectivity index (χ4v) is 3.36. The molecule has 0 saturated heterocycles. The highest BCUT2D eigenvalue weighted by atomic mass is 15.2. The zero-order valence-electron chi connectivity index (χ0n) is 15.8. The number of hydrogen-bond acceptors (Lipinski definition) is 4. The molecule has 4 aromatic rings. The lowest BCUT2D eigenvalue weighted by atomic mass is 10.1. The van der Waals surface area contributed by atoms with Crippen molar-refractivity contribution >= 4 is 5.65 Å². The lowest BCUT2D eigenvalue weighted by Gasteiger charge is -2.16. The first-order valence-electron chi connectivity index (χ1n) is 9.23. The minimum absolute atomic E-state index is 0.858. The third-order valence-electron chi connectivity index (χ3n) is 4.71. The van der Waals surface area contributed by atoms with Crippen LogP contribution >= 0.6 is 0 Å². The Labute approximate surface area is 159 Å². The summed E-state index contributed by atoms with van der Waals surface area (Å²) < 4.78 is 3.73. The molecule has 1 aromatic carbocycles. The summed E-state index contributed by atoms with van der Waals surface area (Å²) in [5, 5.41) is 8.71. The molecule has 0 saturated carbocycles. The van der Waals surface area contributed by atoms with Gasteiger partial charge in [-0.05, 0) is 37.6 Å². The molecule has 0 radical (unpaired) electrons. The van der Waals surface area contributed by atoms with Crippen LogP contribution in [0.25, 0.3) is 16.8 Å². The summed E-state index contributed by atoms with van der Waals surface area (Å²) in [6.45, 7) is 1.89. The first-order chi connectivity index (χ1) is 13.2. The molecular formula is C21H24N6. The van der Waals surface area contributed by atoms with E-state index in [0.29, 0.717) is 0 Å². The summed E-state index contributed by atoms with van der Waals surface area (Å²) in [4.78, 5) is 6.98. The summed E-state index contributed by atoms with van der Waals surface area (Å²) in [6, 6.07) is 10.3. The van der Waals surface area contributed by atoms with Gasteiger partial charge in [-0.3, -0.25) is 4.68 Å². The molecule has 0 aliphatic carbocycles. The van der Waals surface area contributed by atoms with E-state index in [4.69, 9.17) is 0 Å². The van der Waals surface area contributed by atoms with E-state index >= 15 is 0 Å². The normalized spacial score (nSPS) is 11.5. The second kappa shape index (κ2) is 7.72. The molecule has 138 valence electrons. The van der Waals surface area contributed by atoms with E-state index in [2.05, 4.69) is 51.7 Å². The van der Waals surface area contributed by atoms with Crippen LogP contribution in [-0.2, 0) is 20.0 Å². The quantitative estimate of drug-likeness (QED) is 0.508. The number of aromatic nitrogens is 5. The van der Waals surface area contributed by atoms with Gasteiger partial charge in [0.05, 0.1) is 12.4 Å². The van der Waals surface area contributed by atoms with Gasteiger partial charge in [0, 0.05) is 43.3 Å². The van der Waals surface area contributed by atoms with Crippen LogP contribution in [0.2, 0.25) is 0 Å². The molecule has 0 unspecified atom stereocenters. The van der Waals surface area contributed by atoms with E-state index in [1.807, 2.05) is 53.0 Å². The van der Waals surface area contributed by atoms with Crippen molar-refractivity contribution < 1.29 is 0 Å². The number of rotatable bonds is 7. The van der Waals surface area contributed by atoms with Crippen molar-refractivity contribution in [3.05, 3.63) is 72.4 Å². The molecule has 6 nitrogen and oxygen atoms in total. The van der Waals surface area contributed by atoms with Gasteiger partial charge in [-0.25, -0.2) is 9.50 Å². The monoisotopic (exact) mass is 360 g/mol. The lowest BCUT2D eigenvalue weighted by molar-refractivity contribution is 0.321. The van der Waals surface area contributed by atoms with Gasteiger partial charge in [0.15, 0.2) is 5.65 Å². The zero-order valence-corrected chi connectivity index (χ0v) is 15.8. The molecule has 3 aromatic heterocycles. The lowest BCUT2D eigenvalue weighted by Crippen LogP contribution is -2.20. The molecule has 0 fully saturated rings. The predicted octanol–water partition coefficient (Wildman–Crippen LogP) is 3.19. The van der Waals surface area contributed by atoms with Crippen molar-refractivity contribution in [3.8, 4) is 11.1 Å². The molecule has 0 N–H and O–H groups in total. The summed E-state index contributed by atoms with van der Waals surface area (Å²) >= 11 is 0. The average molecular weight is 360 g/mol. The molecule has 0 amide bonds. The maximum atomic E-state index is 4.66. The topological polar surface area (TPSA) is 51.2 Å². The SMILES string of the molecule is CN(CCCc1cnn(C)c1)Cc1cnc2c(-c3ccccc3)cnn2c1. The van der Waals surface area contributed by atoms with Crippen LogP contribution in [0.3, 0.4) is 0 Å². The Kier molecular flexibility index (Phi) is 4.98. The van der Waals surface area contributed by atoms with Gasteiger partial charge in [-0.2, -0.15) is 10.2 Å². The first kappa shape index (κ1) is 17.4. The van der Waals surface area contributed by atoms with Gasteiger partial charge in [-0.1, -0.05) is 30.3 Å². The average Bonchev–Trinajstić information content (AvgIpc) is 3.28. The van der Waals surface area contributed by atoms with Crippen molar-refractivity contribution in [3.63, 3.8) is 0 Å². The zero-order chi connectivity index (χ0) is 18.6. The molecule has 0 bridgehead atoms. The minimum atomic E-state index is 0.858. The van der Waals surface area contributed by atoms with E-state index in [1.165, 1.54) is 5.56 Å².